The summed E-state index contributed by atoms with van der Waals surface area (Å²) in [7, 11) is 1.89. The van der Waals surface area contributed by atoms with Crippen molar-refractivity contribution in [3.8, 4) is 0 Å². The maximum absolute atomic E-state index is 12.5. The number of hydrogen-bond acceptors (Lipinski definition) is 6. The van der Waals surface area contributed by atoms with Crippen molar-refractivity contribution in [1.29, 1.82) is 0 Å². The molecule has 3 rings (SSSR count). The van der Waals surface area contributed by atoms with Crippen molar-refractivity contribution in [1.82, 2.24) is 25.2 Å². The molecule has 142 valence electrons. The molecule has 3 heterocycles. The lowest BCUT2D eigenvalue weighted by molar-refractivity contribution is 0.0748. The molecule has 0 aliphatic carbocycles. The highest BCUT2D eigenvalue weighted by Gasteiger charge is 2.22. The van der Waals surface area contributed by atoms with Gasteiger partial charge in [-0.2, -0.15) is 5.10 Å². The molecule has 1 aliphatic heterocycles. The normalized spacial score (nSPS) is 17.4. The van der Waals surface area contributed by atoms with Crippen molar-refractivity contribution in [2.75, 3.05) is 13.1 Å². The fourth-order valence-electron chi connectivity index (χ4n) is 3.55. The summed E-state index contributed by atoms with van der Waals surface area (Å²) in [6.45, 7) is 8.11. The highest BCUT2D eigenvalue weighted by atomic mass is 16.5. The summed E-state index contributed by atoms with van der Waals surface area (Å²) >= 11 is 0. The maximum atomic E-state index is 12.5. The molecule has 8 nitrogen and oxygen atoms in total. The molecular formula is C18H27N5O3. The van der Waals surface area contributed by atoms with Crippen LogP contribution in [0.25, 0.3) is 0 Å². The maximum Gasteiger partial charge on any atom is 0.273 e. The van der Waals surface area contributed by atoms with Crippen LogP contribution in [0.15, 0.2) is 10.6 Å². The van der Waals surface area contributed by atoms with Crippen LogP contribution in [-0.2, 0) is 13.6 Å². The van der Waals surface area contributed by atoms with Gasteiger partial charge in [0.05, 0.1) is 24.4 Å². The van der Waals surface area contributed by atoms with E-state index in [9.17, 15) is 9.90 Å². The number of aliphatic hydroxyl groups is 1. The number of carbonyl (C=O) groups excluding carboxylic acids is 1. The molecule has 2 N–H and O–H groups in total. The Kier molecular flexibility index (Phi) is 5.43. The average Bonchev–Trinajstić information content (AvgIpc) is 3.14. The van der Waals surface area contributed by atoms with Crippen molar-refractivity contribution < 1.29 is 14.4 Å². The van der Waals surface area contributed by atoms with Gasteiger partial charge in [0.2, 0.25) is 0 Å². The Bertz CT molecular complexity index is 774. The zero-order chi connectivity index (χ0) is 18.8. The second-order valence-corrected chi connectivity index (χ2v) is 7.09. The van der Waals surface area contributed by atoms with Crippen molar-refractivity contribution in [2.24, 2.45) is 7.05 Å². The summed E-state index contributed by atoms with van der Waals surface area (Å²) in [5.41, 5.74) is 3.24. The number of rotatable bonds is 5. The lowest BCUT2D eigenvalue weighted by Gasteiger charge is -2.28. The smallest absolute Gasteiger partial charge is 0.273 e. The van der Waals surface area contributed by atoms with E-state index in [0.29, 0.717) is 12.3 Å². The number of hydrogen-bond donors (Lipinski definition) is 2. The number of aromatic nitrogens is 3. The van der Waals surface area contributed by atoms with Crippen LogP contribution in [0.5, 0.6) is 0 Å². The standard InChI is InChI=1S/C18H27N5O3/c1-11(17-12(2)20-22(4)13(17)3)19-18(25)16-9-15(26-21-16)10-23-7-5-14(24)6-8-23/h9,11,14,24H,5-8,10H2,1-4H3,(H,19,25)/t11-/m1/s1. The first-order chi connectivity index (χ1) is 12.3. The highest BCUT2D eigenvalue weighted by molar-refractivity contribution is 5.92. The third kappa shape index (κ3) is 3.96. The van der Waals surface area contributed by atoms with Crippen LogP contribution in [0.3, 0.4) is 0 Å². The largest absolute Gasteiger partial charge is 0.393 e. The van der Waals surface area contributed by atoms with Gasteiger partial charge in [-0.25, -0.2) is 0 Å². The highest BCUT2D eigenvalue weighted by Crippen LogP contribution is 2.21. The van der Waals surface area contributed by atoms with E-state index in [2.05, 4.69) is 20.5 Å². The van der Waals surface area contributed by atoms with Gasteiger partial charge >= 0.3 is 0 Å². The number of nitrogens with one attached hydrogen (secondary N) is 1. The molecule has 1 atom stereocenters. The Morgan fingerprint density at radius 3 is 2.73 bits per heavy atom. The van der Waals surface area contributed by atoms with Crippen LogP contribution in [0.1, 0.15) is 59.0 Å². The Balaban J connectivity index is 1.61. The lowest BCUT2D eigenvalue weighted by atomic mass is 10.1. The molecule has 0 spiro atoms. The summed E-state index contributed by atoms with van der Waals surface area (Å²) in [5.74, 6) is 0.400. The van der Waals surface area contributed by atoms with Crippen molar-refractivity contribution in [3.63, 3.8) is 0 Å². The van der Waals surface area contributed by atoms with Crippen LogP contribution in [0, 0.1) is 13.8 Å². The Morgan fingerprint density at radius 2 is 2.12 bits per heavy atom. The van der Waals surface area contributed by atoms with Gasteiger partial charge in [-0.1, -0.05) is 5.16 Å². The van der Waals surface area contributed by atoms with Gasteiger partial charge in [0.1, 0.15) is 0 Å². The quantitative estimate of drug-likeness (QED) is 0.837. The molecule has 0 aromatic carbocycles. The van der Waals surface area contributed by atoms with Crippen molar-refractivity contribution in [3.05, 3.63) is 34.5 Å². The van der Waals surface area contributed by atoms with Crippen LogP contribution < -0.4 is 5.32 Å². The minimum absolute atomic E-state index is 0.167. The summed E-state index contributed by atoms with van der Waals surface area (Å²) in [6, 6.07) is 1.52. The van der Waals surface area contributed by atoms with E-state index in [1.54, 1.807) is 6.07 Å². The molecule has 1 amide bonds. The molecule has 1 fully saturated rings. The van der Waals surface area contributed by atoms with Gasteiger partial charge in [0, 0.05) is 37.5 Å². The zero-order valence-electron chi connectivity index (χ0n) is 15.8. The second-order valence-electron chi connectivity index (χ2n) is 7.09. The Labute approximate surface area is 153 Å². The number of amides is 1. The molecular weight excluding hydrogens is 334 g/mol. The monoisotopic (exact) mass is 361 g/mol. The predicted molar refractivity (Wildman–Crippen MR) is 95.6 cm³/mol. The van der Waals surface area contributed by atoms with Crippen LogP contribution in [-0.4, -0.2) is 50.0 Å². The number of aryl methyl sites for hydroxylation is 2. The van der Waals surface area contributed by atoms with Gasteiger partial charge in [-0.3, -0.25) is 14.4 Å². The SMILES string of the molecule is Cc1nn(C)c(C)c1[C@@H](C)NC(=O)c1cc(CN2CCC(O)CC2)on1. The van der Waals surface area contributed by atoms with Crippen LogP contribution >= 0.6 is 0 Å². The van der Waals surface area contributed by atoms with Gasteiger partial charge in [0.15, 0.2) is 11.5 Å². The van der Waals surface area contributed by atoms with Crippen LogP contribution in [0.4, 0.5) is 0 Å². The van der Waals surface area contributed by atoms with E-state index >= 15 is 0 Å². The molecule has 2 aromatic heterocycles. The van der Waals surface area contributed by atoms with Gasteiger partial charge in [-0.15, -0.1) is 0 Å². The molecule has 2 aromatic rings. The van der Waals surface area contributed by atoms with E-state index in [1.165, 1.54) is 0 Å². The number of likely N-dealkylation sites (tertiary alicyclic amines) is 1. The number of carbonyl (C=O) groups is 1. The Morgan fingerprint density at radius 1 is 1.42 bits per heavy atom. The summed E-state index contributed by atoms with van der Waals surface area (Å²) in [6.07, 6.45) is 1.33. The van der Waals surface area contributed by atoms with E-state index in [0.717, 1.165) is 42.9 Å². The molecule has 0 unspecified atom stereocenters. The van der Waals surface area contributed by atoms with Crippen LogP contribution in [0.2, 0.25) is 0 Å². The van der Waals surface area contributed by atoms with Crippen molar-refractivity contribution >= 4 is 5.91 Å². The van der Waals surface area contributed by atoms with E-state index in [1.807, 2.05) is 32.5 Å². The fourth-order valence-corrected chi connectivity index (χ4v) is 3.55. The molecule has 26 heavy (non-hydrogen) atoms. The summed E-state index contributed by atoms with van der Waals surface area (Å²) < 4.78 is 7.14. The minimum Gasteiger partial charge on any atom is -0.393 e. The van der Waals surface area contributed by atoms with Gasteiger partial charge in [-0.05, 0) is 33.6 Å². The second kappa shape index (κ2) is 7.59. The first kappa shape index (κ1) is 18.6. The van der Waals surface area contributed by atoms with Gasteiger partial charge < -0.3 is 14.9 Å². The molecule has 1 aliphatic rings. The van der Waals surface area contributed by atoms with Crippen molar-refractivity contribution in [2.45, 2.75) is 52.3 Å². The lowest BCUT2D eigenvalue weighted by Crippen LogP contribution is -2.35. The average molecular weight is 361 g/mol. The number of nitrogens with zero attached hydrogens (tertiary/aromatic N) is 4. The molecule has 0 radical (unpaired) electrons. The number of aliphatic hydroxyl groups excluding tert-OH is 1. The summed E-state index contributed by atoms with van der Waals surface area (Å²) in [4.78, 5) is 14.7. The van der Waals surface area contributed by atoms with E-state index in [4.69, 9.17) is 4.52 Å². The Hall–Kier alpha value is -2.19. The number of piperidine rings is 1. The summed E-state index contributed by atoms with van der Waals surface area (Å²) in [5, 5.41) is 20.8. The predicted octanol–water partition coefficient (Wildman–Crippen LogP) is 1.47. The molecule has 0 saturated carbocycles. The first-order valence-electron chi connectivity index (χ1n) is 9.02. The molecule has 0 bridgehead atoms. The third-order valence-corrected chi connectivity index (χ3v) is 5.07. The fraction of sp³-hybridized carbons (Fsp3) is 0.611. The molecule has 8 heteroatoms. The van der Waals surface area contributed by atoms with E-state index < -0.39 is 0 Å². The topological polar surface area (TPSA) is 96.4 Å². The zero-order valence-corrected chi connectivity index (χ0v) is 15.8. The minimum atomic E-state index is -0.260. The first-order valence-corrected chi connectivity index (χ1v) is 9.02. The molecule has 1 saturated heterocycles. The third-order valence-electron chi connectivity index (χ3n) is 5.07. The van der Waals surface area contributed by atoms with Gasteiger partial charge in [0.25, 0.3) is 5.91 Å². The van der Waals surface area contributed by atoms with E-state index in [-0.39, 0.29) is 23.7 Å².